The smallest absolute Gasteiger partial charge is 0.225 e. The molecule has 2 aromatic rings. The quantitative estimate of drug-likeness (QED) is 0.742. The molecule has 27 heavy (non-hydrogen) atoms. The van der Waals surface area contributed by atoms with Crippen molar-refractivity contribution in [2.24, 2.45) is 0 Å². The van der Waals surface area contributed by atoms with Crippen molar-refractivity contribution in [2.45, 2.75) is 13.0 Å². The molecule has 1 N–H and O–H groups in total. The first kappa shape index (κ1) is 20.8. The number of methoxy groups -OCH3 is 1. The third kappa shape index (κ3) is 6.30. The first-order valence-electron chi connectivity index (χ1n) is 8.02. The standard InChI is InChI=1S/C18H20F2N2O4S/c1-26-15-6-3-13(4-7-15)12-22(27(2,24)25)10-9-18(23)21-17-8-5-14(19)11-16(17)20/h3-8,11H,9-10,12H2,1-2H3,(H,21,23). The lowest BCUT2D eigenvalue weighted by molar-refractivity contribution is -0.116. The van der Waals surface area contributed by atoms with E-state index in [0.29, 0.717) is 11.8 Å². The van der Waals surface area contributed by atoms with Crippen molar-refractivity contribution < 1.29 is 26.7 Å². The molecule has 1 amide bonds. The Kier molecular flexibility index (Phi) is 6.86. The third-order valence-corrected chi connectivity index (χ3v) is 5.03. The number of carbonyl (C=O) groups excluding carboxylic acids is 1. The van der Waals surface area contributed by atoms with Crippen LogP contribution in [0, 0.1) is 11.6 Å². The summed E-state index contributed by atoms with van der Waals surface area (Å²) in [5, 5.41) is 2.30. The zero-order valence-corrected chi connectivity index (χ0v) is 15.7. The molecule has 0 bridgehead atoms. The minimum Gasteiger partial charge on any atom is -0.497 e. The molecule has 0 radical (unpaired) electrons. The van der Waals surface area contributed by atoms with Crippen LogP contribution < -0.4 is 10.1 Å². The molecule has 0 spiro atoms. The summed E-state index contributed by atoms with van der Waals surface area (Å²) in [6.07, 6.45) is 0.869. The molecule has 0 fully saturated rings. The highest BCUT2D eigenvalue weighted by Crippen LogP contribution is 2.17. The van der Waals surface area contributed by atoms with Gasteiger partial charge in [0.15, 0.2) is 0 Å². The highest BCUT2D eigenvalue weighted by Gasteiger charge is 2.19. The van der Waals surface area contributed by atoms with E-state index in [4.69, 9.17) is 4.74 Å². The van der Waals surface area contributed by atoms with Crippen molar-refractivity contribution in [3.63, 3.8) is 0 Å². The van der Waals surface area contributed by atoms with E-state index in [1.165, 1.54) is 7.11 Å². The van der Waals surface area contributed by atoms with Crippen molar-refractivity contribution in [3.05, 3.63) is 59.7 Å². The van der Waals surface area contributed by atoms with Gasteiger partial charge in [0.2, 0.25) is 15.9 Å². The molecule has 0 aliphatic rings. The molecule has 2 aromatic carbocycles. The van der Waals surface area contributed by atoms with Crippen molar-refractivity contribution in [3.8, 4) is 5.75 Å². The molecule has 2 rings (SSSR count). The van der Waals surface area contributed by atoms with Gasteiger partial charge in [0, 0.05) is 25.6 Å². The zero-order chi connectivity index (χ0) is 20.0. The predicted octanol–water partition coefficient (Wildman–Crippen LogP) is 2.76. The van der Waals surface area contributed by atoms with Crippen LogP contribution in [0.3, 0.4) is 0 Å². The lowest BCUT2D eigenvalue weighted by Crippen LogP contribution is -2.32. The highest BCUT2D eigenvalue weighted by atomic mass is 32.2. The lowest BCUT2D eigenvalue weighted by atomic mass is 10.2. The average Bonchev–Trinajstić information content (AvgIpc) is 2.60. The number of ether oxygens (including phenoxy) is 1. The van der Waals surface area contributed by atoms with Gasteiger partial charge in [0.25, 0.3) is 0 Å². The lowest BCUT2D eigenvalue weighted by Gasteiger charge is -2.20. The van der Waals surface area contributed by atoms with Gasteiger partial charge in [-0.25, -0.2) is 17.2 Å². The van der Waals surface area contributed by atoms with Crippen LogP contribution in [0.4, 0.5) is 14.5 Å². The van der Waals surface area contributed by atoms with Crippen LogP contribution in [0.25, 0.3) is 0 Å². The fourth-order valence-electron chi connectivity index (χ4n) is 2.33. The summed E-state index contributed by atoms with van der Waals surface area (Å²) in [6.45, 7) is 0.000522. The first-order chi connectivity index (χ1) is 12.7. The predicted molar refractivity (Wildman–Crippen MR) is 97.9 cm³/mol. The third-order valence-electron chi connectivity index (χ3n) is 3.78. The number of nitrogens with one attached hydrogen (secondary N) is 1. The molecule has 0 aromatic heterocycles. The number of hydrogen-bond donors (Lipinski definition) is 1. The first-order valence-corrected chi connectivity index (χ1v) is 9.87. The second kappa shape index (κ2) is 8.92. The van der Waals surface area contributed by atoms with Gasteiger partial charge in [0.1, 0.15) is 17.4 Å². The van der Waals surface area contributed by atoms with E-state index in [0.717, 1.165) is 28.3 Å². The molecular weight excluding hydrogens is 378 g/mol. The summed E-state index contributed by atoms with van der Waals surface area (Å²) < 4.78 is 56.6. The van der Waals surface area contributed by atoms with E-state index < -0.39 is 27.6 Å². The van der Waals surface area contributed by atoms with Gasteiger partial charge in [-0.05, 0) is 29.8 Å². The van der Waals surface area contributed by atoms with E-state index in [-0.39, 0.29) is 25.2 Å². The summed E-state index contributed by atoms with van der Waals surface area (Å²) in [5.74, 6) is -1.59. The molecule has 146 valence electrons. The van der Waals surface area contributed by atoms with Crippen molar-refractivity contribution >= 4 is 21.6 Å². The topological polar surface area (TPSA) is 75.7 Å². The Bertz CT molecular complexity index is 902. The van der Waals surface area contributed by atoms with Crippen molar-refractivity contribution in [1.82, 2.24) is 4.31 Å². The van der Waals surface area contributed by atoms with Crippen LogP contribution in [0.5, 0.6) is 5.75 Å². The van der Waals surface area contributed by atoms with Crippen LogP contribution in [-0.2, 0) is 21.4 Å². The molecule has 0 saturated heterocycles. The number of amides is 1. The van der Waals surface area contributed by atoms with E-state index in [1.807, 2.05) is 0 Å². The summed E-state index contributed by atoms with van der Waals surface area (Å²) >= 11 is 0. The Balaban J connectivity index is 2.00. The molecule has 0 aliphatic carbocycles. The number of nitrogens with zero attached hydrogens (tertiary/aromatic N) is 1. The van der Waals surface area contributed by atoms with Crippen LogP contribution >= 0.6 is 0 Å². The van der Waals surface area contributed by atoms with Crippen molar-refractivity contribution in [1.29, 1.82) is 0 Å². The largest absolute Gasteiger partial charge is 0.497 e. The molecular formula is C18H20F2N2O4S. The molecule has 0 aliphatic heterocycles. The fourth-order valence-corrected chi connectivity index (χ4v) is 3.13. The maximum Gasteiger partial charge on any atom is 0.225 e. The maximum atomic E-state index is 13.6. The van der Waals surface area contributed by atoms with Gasteiger partial charge in [0.05, 0.1) is 19.1 Å². The fraction of sp³-hybridized carbons (Fsp3) is 0.278. The summed E-state index contributed by atoms with van der Waals surface area (Å²) in [5.41, 5.74) is 0.564. The summed E-state index contributed by atoms with van der Waals surface area (Å²) in [6, 6.07) is 9.65. The number of rotatable bonds is 8. The average molecular weight is 398 g/mol. The minimum absolute atomic E-state index is 0.0838. The van der Waals surface area contributed by atoms with Crippen molar-refractivity contribution in [2.75, 3.05) is 25.2 Å². The number of anilines is 1. The number of carbonyl (C=O) groups is 1. The Morgan fingerprint density at radius 3 is 2.37 bits per heavy atom. The number of hydrogen-bond acceptors (Lipinski definition) is 4. The second-order valence-electron chi connectivity index (χ2n) is 5.87. The number of benzene rings is 2. The molecule has 0 heterocycles. The van der Waals surface area contributed by atoms with Gasteiger partial charge in [-0.2, -0.15) is 4.31 Å². The Hall–Kier alpha value is -2.52. The van der Waals surface area contributed by atoms with Crippen LogP contribution in [0.1, 0.15) is 12.0 Å². The monoisotopic (exact) mass is 398 g/mol. The SMILES string of the molecule is COc1ccc(CN(CCC(=O)Nc2ccc(F)cc2F)S(C)(=O)=O)cc1. The van der Waals surface area contributed by atoms with E-state index >= 15 is 0 Å². The molecule has 6 nitrogen and oxygen atoms in total. The van der Waals surface area contributed by atoms with Gasteiger partial charge < -0.3 is 10.1 Å². The Morgan fingerprint density at radius 1 is 1.15 bits per heavy atom. The van der Waals surface area contributed by atoms with E-state index in [1.54, 1.807) is 24.3 Å². The highest BCUT2D eigenvalue weighted by molar-refractivity contribution is 7.88. The number of sulfonamides is 1. The number of halogens is 2. The molecule has 0 atom stereocenters. The van der Waals surface area contributed by atoms with E-state index in [9.17, 15) is 22.0 Å². The Morgan fingerprint density at radius 2 is 1.81 bits per heavy atom. The van der Waals surface area contributed by atoms with Gasteiger partial charge in [-0.1, -0.05) is 12.1 Å². The normalized spacial score (nSPS) is 11.4. The van der Waals surface area contributed by atoms with Crippen LogP contribution in [0.15, 0.2) is 42.5 Å². The van der Waals surface area contributed by atoms with Crippen LogP contribution in [-0.4, -0.2) is 38.5 Å². The molecule has 9 heteroatoms. The summed E-state index contributed by atoms with van der Waals surface area (Å²) in [4.78, 5) is 12.0. The Labute approximate surface area is 156 Å². The van der Waals surface area contributed by atoms with Gasteiger partial charge in [-0.3, -0.25) is 4.79 Å². The second-order valence-corrected chi connectivity index (χ2v) is 7.85. The molecule has 0 unspecified atom stereocenters. The van der Waals surface area contributed by atoms with E-state index in [2.05, 4.69) is 5.32 Å². The zero-order valence-electron chi connectivity index (χ0n) is 14.9. The maximum absolute atomic E-state index is 13.6. The van der Waals surface area contributed by atoms with Gasteiger partial charge >= 0.3 is 0 Å². The summed E-state index contributed by atoms with van der Waals surface area (Å²) in [7, 11) is -2.03. The van der Waals surface area contributed by atoms with Gasteiger partial charge in [-0.15, -0.1) is 0 Å². The molecule has 0 saturated carbocycles. The minimum atomic E-state index is -3.56. The van der Waals surface area contributed by atoms with Crippen LogP contribution in [0.2, 0.25) is 0 Å².